The van der Waals surface area contributed by atoms with Crippen molar-refractivity contribution in [2.45, 2.75) is 19.4 Å². The summed E-state index contributed by atoms with van der Waals surface area (Å²) in [6.45, 7) is 5.28. The molecule has 0 radical (unpaired) electrons. The number of hydrogen-bond donors (Lipinski definition) is 1. The van der Waals surface area contributed by atoms with Crippen molar-refractivity contribution in [2.24, 2.45) is 0 Å². The highest BCUT2D eigenvalue weighted by Crippen LogP contribution is 2.42. The lowest BCUT2D eigenvalue weighted by molar-refractivity contribution is -0.131. The normalized spacial score (nSPS) is 17.6. The van der Waals surface area contributed by atoms with E-state index in [0.29, 0.717) is 26.1 Å². The lowest BCUT2D eigenvalue weighted by atomic mass is 9.95. The number of pyridine rings is 1. The number of rotatable bonds is 5. The van der Waals surface area contributed by atoms with Gasteiger partial charge in [-0.3, -0.25) is 9.59 Å². The molecule has 2 aliphatic heterocycles. The number of nitrogens with zero attached hydrogens (tertiary/aromatic N) is 4. The van der Waals surface area contributed by atoms with E-state index in [1.54, 1.807) is 6.20 Å². The topological polar surface area (TPSA) is 72.5 Å². The van der Waals surface area contributed by atoms with Gasteiger partial charge in [-0.1, -0.05) is 42.5 Å². The first kappa shape index (κ1) is 22.3. The zero-order valence-corrected chi connectivity index (χ0v) is 20.4. The van der Waals surface area contributed by atoms with Crippen molar-refractivity contribution in [1.82, 2.24) is 19.8 Å². The van der Waals surface area contributed by atoms with E-state index in [0.717, 1.165) is 52.2 Å². The Labute approximate surface area is 210 Å². The molecule has 36 heavy (non-hydrogen) atoms. The van der Waals surface area contributed by atoms with E-state index in [1.807, 2.05) is 64.4 Å². The van der Waals surface area contributed by atoms with Crippen LogP contribution in [0.3, 0.4) is 0 Å². The summed E-state index contributed by atoms with van der Waals surface area (Å²) in [5, 5.41) is 1.12. The van der Waals surface area contributed by atoms with Crippen LogP contribution < -0.4 is 4.90 Å². The van der Waals surface area contributed by atoms with E-state index < -0.39 is 0 Å². The van der Waals surface area contributed by atoms with Crippen LogP contribution in [0, 0.1) is 6.92 Å². The summed E-state index contributed by atoms with van der Waals surface area (Å²) in [7, 11) is 0. The summed E-state index contributed by atoms with van der Waals surface area (Å²) in [4.78, 5) is 40.6. The molecule has 2 amide bonds. The summed E-state index contributed by atoms with van der Waals surface area (Å²) >= 11 is 0. The summed E-state index contributed by atoms with van der Waals surface area (Å²) in [5.41, 5.74) is 4.95. The van der Waals surface area contributed by atoms with Crippen molar-refractivity contribution in [2.75, 3.05) is 37.6 Å². The maximum atomic E-state index is 13.5. The number of aromatic nitrogens is 2. The second kappa shape index (κ2) is 9.15. The quantitative estimate of drug-likeness (QED) is 0.467. The van der Waals surface area contributed by atoms with Gasteiger partial charge in [0.25, 0.3) is 5.91 Å². The molecular weight excluding hydrogens is 450 g/mol. The lowest BCUT2D eigenvalue weighted by Crippen LogP contribution is -2.49. The molecule has 1 unspecified atom stereocenters. The number of benzene rings is 2. The van der Waals surface area contributed by atoms with Gasteiger partial charge in [-0.25, -0.2) is 4.98 Å². The minimum Gasteiger partial charge on any atom is -0.358 e. The number of piperazine rings is 1. The van der Waals surface area contributed by atoms with Gasteiger partial charge < -0.3 is 19.7 Å². The van der Waals surface area contributed by atoms with E-state index in [9.17, 15) is 9.59 Å². The number of anilines is 1. The third-order valence-corrected chi connectivity index (χ3v) is 7.45. The Morgan fingerprint density at radius 2 is 1.72 bits per heavy atom. The number of aryl methyl sites for hydroxylation is 1. The summed E-state index contributed by atoms with van der Waals surface area (Å²) in [5.74, 6) is 1.03. The van der Waals surface area contributed by atoms with E-state index in [-0.39, 0.29) is 17.9 Å². The fraction of sp³-hybridized carbons (Fsp3) is 0.276. The maximum absolute atomic E-state index is 13.5. The first-order chi connectivity index (χ1) is 17.6. The van der Waals surface area contributed by atoms with Crippen molar-refractivity contribution in [3.8, 4) is 0 Å². The molecule has 4 aromatic rings. The van der Waals surface area contributed by atoms with Gasteiger partial charge in [0.2, 0.25) is 5.91 Å². The first-order valence-corrected chi connectivity index (χ1v) is 12.5. The Hall–Kier alpha value is -4.13. The van der Waals surface area contributed by atoms with Crippen LogP contribution >= 0.6 is 0 Å². The fourth-order valence-electron chi connectivity index (χ4n) is 5.66. The highest BCUT2D eigenvalue weighted by molar-refractivity contribution is 6.01. The van der Waals surface area contributed by atoms with Crippen LogP contribution in [0.1, 0.15) is 39.6 Å². The van der Waals surface area contributed by atoms with E-state index in [1.165, 1.54) is 0 Å². The molecule has 2 aromatic carbocycles. The molecule has 0 saturated carbocycles. The van der Waals surface area contributed by atoms with Crippen LogP contribution in [-0.4, -0.2) is 64.3 Å². The molecule has 4 heterocycles. The molecule has 0 bridgehead atoms. The fourth-order valence-corrected chi connectivity index (χ4v) is 5.66. The maximum Gasteiger partial charge on any atom is 0.255 e. The molecule has 7 nitrogen and oxygen atoms in total. The van der Waals surface area contributed by atoms with E-state index in [4.69, 9.17) is 0 Å². The molecule has 7 heteroatoms. The van der Waals surface area contributed by atoms with Gasteiger partial charge in [0.15, 0.2) is 0 Å². The van der Waals surface area contributed by atoms with E-state index >= 15 is 0 Å². The highest BCUT2D eigenvalue weighted by atomic mass is 16.2. The third-order valence-electron chi connectivity index (χ3n) is 7.45. The number of hydrogen-bond acceptors (Lipinski definition) is 4. The van der Waals surface area contributed by atoms with Crippen molar-refractivity contribution < 1.29 is 9.59 Å². The second-order valence-electron chi connectivity index (χ2n) is 9.50. The number of aromatic amines is 1. The Morgan fingerprint density at radius 1 is 0.972 bits per heavy atom. The van der Waals surface area contributed by atoms with Gasteiger partial charge in [-0.05, 0) is 36.8 Å². The minimum absolute atomic E-state index is 0.00643. The smallest absolute Gasteiger partial charge is 0.255 e. The standard InChI is InChI=1S/C29H29N5O2/c1-20-27(23-10-4-5-11-24(23)31-20)28-21-8-2-3-9-22(21)29(36)34(28)15-13-26(35)33-18-16-32(17-19-33)25-12-6-7-14-30-25/h2-12,14,28,31H,13,15-19H2,1H3. The van der Waals surface area contributed by atoms with Gasteiger partial charge in [-0.15, -0.1) is 0 Å². The molecule has 2 aliphatic rings. The largest absolute Gasteiger partial charge is 0.358 e. The summed E-state index contributed by atoms with van der Waals surface area (Å²) in [6, 6.07) is 21.7. The monoisotopic (exact) mass is 479 g/mol. The lowest BCUT2D eigenvalue weighted by Gasteiger charge is -2.36. The number of nitrogens with one attached hydrogen (secondary N) is 1. The van der Waals surface area contributed by atoms with Crippen LogP contribution in [-0.2, 0) is 4.79 Å². The zero-order valence-electron chi connectivity index (χ0n) is 20.4. The highest BCUT2D eigenvalue weighted by Gasteiger charge is 2.39. The Balaban J connectivity index is 1.21. The third kappa shape index (κ3) is 3.81. The predicted molar refractivity (Wildman–Crippen MR) is 140 cm³/mol. The molecule has 0 aliphatic carbocycles. The number of H-pyrrole nitrogens is 1. The van der Waals surface area contributed by atoms with Crippen LogP contribution in [0.2, 0.25) is 0 Å². The first-order valence-electron chi connectivity index (χ1n) is 12.5. The van der Waals surface area contributed by atoms with Gasteiger partial charge >= 0.3 is 0 Å². The van der Waals surface area contributed by atoms with Gasteiger partial charge in [0.05, 0.1) is 6.04 Å². The number of fused-ring (bicyclic) bond motifs is 2. The summed E-state index contributed by atoms with van der Waals surface area (Å²) in [6.07, 6.45) is 2.10. The minimum atomic E-state index is -0.210. The predicted octanol–water partition coefficient (Wildman–Crippen LogP) is 4.16. The average molecular weight is 480 g/mol. The van der Waals surface area contributed by atoms with Crippen molar-refractivity contribution in [3.05, 3.63) is 95.3 Å². The number of para-hydroxylation sites is 1. The molecule has 1 atom stereocenters. The molecular formula is C29H29N5O2. The number of carbonyl (C=O) groups excluding carboxylic acids is 2. The molecule has 0 spiro atoms. The molecule has 6 rings (SSSR count). The van der Waals surface area contributed by atoms with E-state index in [2.05, 4.69) is 33.9 Å². The Kier molecular flexibility index (Phi) is 5.68. The average Bonchev–Trinajstić information content (AvgIpc) is 3.40. The Morgan fingerprint density at radius 3 is 2.53 bits per heavy atom. The molecule has 1 saturated heterocycles. The van der Waals surface area contributed by atoms with Crippen LogP contribution in [0.4, 0.5) is 5.82 Å². The van der Waals surface area contributed by atoms with Gasteiger partial charge in [-0.2, -0.15) is 0 Å². The van der Waals surface area contributed by atoms with Crippen LogP contribution in [0.15, 0.2) is 72.9 Å². The molecule has 1 N–H and O–H groups in total. The van der Waals surface area contributed by atoms with Crippen molar-refractivity contribution in [3.63, 3.8) is 0 Å². The molecule has 182 valence electrons. The number of amides is 2. The molecule has 2 aromatic heterocycles. The number of carbonyl (C=O) groups is 2. The Bertz CT molecular complexity index is 1420. The van der Waals surface area contributed by atoms with Crippen molar-refractivity contribution >= 4 is 28.5 Å². The summed E-state index contributed by atoms with van der Waals surface area (Å²) < 4.78 is 0. The van der Waals surface area contributed by atoms with Crippen molar-refractivity contribution in [1.29, 1.82) is 0 Å². The van der Waals surface area contributed by atoms with Crippen LogP contribution in [0.25, 0.3) is 10.9 Å². The van der Waals surface area contributed by atoms with Crippen LogP contribution in [0.5, 0.6) is 0 Å². The van der Waals surface area contributed by atoms with Gasteiger partial charge in [0, 0.05) is 73.1 Å². The van der Waals surface area contributed by atoms with Gasteiger partial charge in [0.1, 0.15) is 5.82 Å². The SMILES string of the molecule is Cc1[nH]c2ccccc2c1C1c2ccccc2C(=O)N1CCC(=O)N1CCN(c2ccccn2)CC1. The molecule has 1 fully saturated rings. The second-order valence-corrected chi connectivity index (χ2v) is 9.50. The zero-order chi connectivity index (χ0) is 24.6.